The number of carbonyl (C=O) groups excluding carboxylic acids is 1. The summed E-state index contributed by atoms with van der Waals surface area (Å²) in [5.74, 6) is -0.0265. The Balaban J connectivity index is 2.23. The Bertz CT molecular complexity index is 425. The highest BCUT2D eigenvalue weighted by molar-refractivity contribution is 6.33. The lowest BCUT2D eigenvalue weighted by molar-refractivity contribution is 0.0759. The first kappa shape index (κ1) is 11.2. The van der Waals surface area contributed by atoms with Crippen LogP contribution in [0.2, 0.25) is 5.02 Å². The van der Waals surface area contributed by atoms with Gasteiger partial charge in [-0.1, -0.05) is 11.6 Å². The van der Waals surface area contributed by atoms with E-state index in [0.717, 1.165) is 0 Å². The summed E-state index contributed by atoms with van der Waals surface area (Å²) in [6, 6.07) is 3.08. The van der Waals surface area contributed by atoms with Crippen molar-refractivity contribution in [3.05, 3.63) is 22.8 Å². The summed E-state index contributed by atoms with van der Waals surface area (Å²) in [5.41, 5.74) is 5.65. The van der Waals surface area contributed by atoms with Gasteiger partial charge in [0.15, 0.2) is 0 Å². The fourth-order valence-corrected chi connectivity index (χ4v) is 1.87. The number of rotatable bonds is 1. The summed E-state index contributed by atoms with van der Waals surface area (Å²) in [7, 11) is 0. The van der Waals surface area contributed by atoms with Gasteiger partial charge in [-0.05, 0) is 18.6 Å². The van der Waals surface area contributed by atoms with Crippen LogP contribution in [-0.4, -0.2) is 40.1 Å². The molecule has 86 valence electrons. The number of nitrogen functional groups attached to an aromatic ring is 1. The van der Waals surface area contributed by atoms with Gasteiger partial charge >= 0.3 is 0 Å². The highest BCUT2D eigenvalue weighted by atomic mass is 35.5. The Morgan fingerprint density at radius 2 is 2.38 bits per heavy atom. The van der Waals surface area contributed by atoms with E-state index in [9.17, 15) is 9.90 Å². The van der Waals surface area contributed by atoms with Crippen LogP contribution in [0.15, 0.2) is 12.1 Å². The van der Waals surface area contributed by atoms with Gasteiger partial charge in [0.2, 0.25) is 0 Å². The maximum absolute atomic E-state index is 12.0. The Kier molecular flexibility index (Phi) is 2.98. The van der Waals surface area contributed by atoms with Crippen molar-refractivity contribution in [1.29, 1.82) is 0 Å². The number of aliphatic hydroxyl groups is 1. The number of hydrogen-bond acceptors (Lipinski definition) is 4. The number of likely N-dealkylation sites (tertiary alicyclic amines) is 1. The Morgan fingerprint density at radius 3 is 3.00 bits per heavy atom. The number of β-amino-alcohol motifs (C(OH)–C–C–N with tert-alkyl or cyclic N) is 1. The molecular weight excluding hydrogens is 230 g/mol. The molecule has 1 saturated heterocycles. The van der Waals surface area contributed by atoms with Gasteiger partial charge in [-0.15, -0.1) is 0 Å². The van der Waals surface area contributed by atoms with Crippen LogP contribution in [0.5, 0.6) is 0 Å². The van der Waals surface area contributed by atoms with Gasteiger partial charge in [0.25, 0.3) is 5.91 Å². The van der Waals surface area contributed by atoms with Crippen molar-refractivity contribution in [2.24, 2.45) is 0 Å². The number of carbonyl (C=O) groups is 1. The van der Waals surface area contributed by atoms with Gasteiger partial charge < -0.3 is 15.7 Å². The maximum atomic E-state index is 12.0. The molecule has 0 spiro atoms. The average molecular weight is 242 g/mol. The molecule has 1 atom stereocenters. The number of amides is 1. The summed E-state index contributed by atoms with van der Waals surface area (Å²) in [4.78, 5) is 17.4. The Labute approximate surface area is 97.8 Å². The van der Waals surface area contributed by atoms with E-state index in [1.165, 1.54) is 11.0 Å². The molecule has 1 unspecified atom stereocenters. The first-order valence-electron chi connectivity index (χ1n) is 4.97. The van der Waals surface area contributed by atoms with Gasteiger partial charge in [0.1, 0.15) is 11.5 Å². The van der Waals surface area contributed by atoms with Crippen molar-refractivity contribution >= 4 is 23.3 Å². The van der Waals surface area contributed by atoms with E-state index in [-0.39, 0.29) is 22.4 Å². The number of nitrogens with zero attached hydrogens (tertiary/aromatic N) is 2. The second-order valence-corrected chi connectivity index (χ2v) is 4.17. The minimum atomic E-state index is -0.455. The normalized spacial score (nSPS) is 20.1. The maximum Gasteiger partial charge on any atom is 0.274 e. The quantitative estimate of drug-likeness (QED) is 0.752. The molecule has 1 amide bonds. The largest absolute Gasteiger partial charge is 0.391 e. The van der Waals surface area contributed by atoms with Crippen LogP contribution in [0, 0.1) is 0 Å². The molecule has 0 saturated carbocycles. The Morgan fingerprint density at radius 1 is 1.62 bits per heavy atom. The molecule has 0 aromatic carbocycles. The van der Waals surface area contributed by atoms with Crippen LogP contribution in [0.4, 0.5) is 5.82 Å². The predicted molar refractivity (Wildman–Crippen MR) is 60.2 cm³/mol. The van der Waals surface area contributed by atoms with E-state index in [0.29, 0.717) is 19.5 Å². The minimum absolute atomic E-state index is 0.149. The number of pyridine rings is 1. The van der Waals surface area contributed by atoms with Gasteiger partial charge in [0.05, 0.1) is 11.1 Å². The molecule has 5 nitrogen and oxygen atoms in total. The third-order valence-electron chi connectivity index (χ3n) is 2.52. The van der Waals surface area contributed by atoms with Crippen molar-refractivity contribution in [2.45, 2.75) is 12.5 Å². The highest BCUT2D eigenvalue weighted by Crippen LogP contribution is 2.19. The lowest BCUT2D eigenvalue weighted by Gasteiger charge is -2.15. The number of anilines is 1. The summed E-state index contributed by atoms with van der Waals surface area (Å²) in [6.07, 6.45) is 0.134. The van der Waals surface area contributed by atoms with E-state index < -0.39 is 6.10 Å². The third-order valence-corrected chi connectivity index (χ3v) is 2.83. The predicted octanol–water partition coefficient (Wildman–Crippen LogP) is 0.524. The van der Waals surface area contributed by atoms with Crippen molar-refractivity contribution in [1.82, 2.24) is 9.88 Å². The number of nitrogens with two attached hydrogens (primary N) is 1. The molecule has 6 heteroatoms. The zero-order valence-electron chi connectivity index (χ0n) is 8.56. The van der Waals surface area contributed by atoms with Crippen molar-refractivity contribution < 1.29 is 9.90 Å². The molecule has 0 radical (unpaired) electrons. The first-order valence-corrected chi connectivity index (χ1v) is 5.35. The van der Waals surface area contributed by atoms with Crippen LogP contribution in [0.1, 0.15) is 16.9 Å². The first-order chi connectivity index (χ1) is 7.58. The number of aliphatic hydroxyl groups excluding tert-OH is 1. The number of aromatic nitrogens is 1. The summed E-state index contributed by atoms with van der Waals surface area (Å²) >= 11 is 5.88. The third kappa shape index (κ3) is 2.10. The van der Waals surface area contributed by atoms with E-state index >= 15 is 0 Å². The lowest BCUT2D eigenvalue weighted by atomic mass is 10.3. The zero-order chi connectivity index (χ0) is 11.7. The molecule has 1 aliphatic rings. The van der Waals surface area contributed by atoms with Crippen LogP contribution < -0.4 is 5.73 Å². The standard InChI is InChI=1S/C10H12ClN3O2/c11-7-1-2-8(12)13-9(7)10(16)14-4-3-6(15)5-14/h1-2,6,15H,3-5H2,(H2,12,13). The molecule has 1 aliphatic heterocycles. The van der Waals surface area contributed by atoms with Crippen molar-refractivity contribution in [3.63, 3.8) is 0 Å². The molecule has 1 aromatic heterocycles. The molecule has 16 heavy (non-hydrogen) atoms. The van der Waals surface area contributed by atoms with Gasteiger partial charge in [0, 0.05) is 13.1 Å². The monoisotopic (exact) mass is 241 g/mol. The molecule has 1 fully saturated rings. The molecule has 1 aromatic rings. The van der Waals surface area contributed by atoms with Gasteiger partial charge in [-0.2, -0.15) is 0 Å². The SMILES string of the molecule is Nc1ccc(Cl)c(C(=O)N2CCC(O)C2)n1. The summed E-state index contributed by atoms with van der Waals surface area (Å²) < 4.78 is 0. The minimum Gasteiger partial charge on any atom is -0.391 e. The second kappa shape index (κ2) is 4.27. The number of halogens is 1. The van der Waals surface area contributed by atoms with Crippen LogP contribution >= 0.6 is 11.6 Å². The van der Waals surface area contributed by atoms with Gasteiger partial charge in [-0.25, -0.2) is 4.98 Å². The van der Waals surface area contributed by atoms with E-state index in [1.807, 2.05) is 0 Å². The average Bonchev–Trinajstić information content (AvgIpc) is 2.67. The second-order valence-electron chi connectivity index (χ2n) is 3.76. The molecule has 2 heterocycles. The van der Waals surface area contributed by atoms with E-state index in [2.05, 4.69) is 4.98 Å². The molecule has 3 N–H and O–H groups in total. The summed E-state index contributed by atoms with van der Waals surface area (Å²) in [6.45, 7) is 0.846. The molecule has 0 aliphatic carbocycles. The fraction of sp³-hybridized carbons (Fsp3) is 0.400. The van der Waals surface area contributed by atoms with Crippen LogP contribution in [0.25, 0.3) is 0 Å². The topological polar surface area (TPSA) is 79.5 Å². The summed E-state index contributed by atoms with van der Waals surface area (Å²) in [5, 5.41) is 9.63. The Hall–Kier alpha value is -1.33. The van der Waals surface area contributed by atoms with Gasteiger partial charge in [-0.3, -0.25) is 4.79 Å². The van der Waals surface area contributed by atoms with Crippen LogP contribution in [0.3, 0.4) is 0 Å². The van der Waals surface area contributed by atoms with Crippen molar-refractivity contribution in [3.8, 4) is 0 Å². The zero-order valence-corrected chi connectivity index (χ0v) is 9.31. The van der Waals surface area contributed by atoms with E-state index in [1.54, 1.807) is 6.07 Å². The molecular formula is C10H12ClN3O2. The number of hydrogen-bond donors (Lipinski definition) is 2. The fourth-order valence-electron chi connectivity index (χ4n) is 1.68. The molecule has 2 rings (SSSR count). The molecule has 0 bridgehead atoms. The van der Waals surface area contributed by atoms with Crippen molar-refractivity contribution in [2.75, 3.05) is 18.8 Å². The lowest BCUT2D eigenvalue weighted by Crippen LogP contribution is -2.30. The van der Waals surface area contributed by atoms with E-state index in [4.69, 9.17) is 17.3 Å². The smallest absolute Gasteiger partial charge is 0.274 e. The highest BCUT2D eigenvalue weighted by Gasteiger charge is 2.27. The van der Waals surface area contributed by atoms with Crippen LogP contribution in [-0.2, 0) is 0 Å².